The molecule has 1 rings (SSSR count). The summed E-state index contributed by atoms with van der Waals surface area (Å²) >= 11 is 0. The summed E-state index contributed by atoms with van der Waals surface area (Å²) in [5, 5.41) is 6.47. The molecule has 7 N–H and O–H groups in total. The third kappa shape index (κ3) is 4.60. The number of guanidine groups is 2. The summed E-state index contributed by atoms with van der Waals surface area (Å²) in [6.45, 7) is 0.545. The molecule has 0 radical (unpaired) electrons. The first-order valence-corrected chi connectivity index (χ1v) is 4.42. The molecule has 0 aromatic carbocycles. The lowest BCUT2D eigenvalue weighted by Gasteiger charge is -1.95. The molecule has 15 heavy (non-hydrogen) atoms. The number of nitrogens with one attached hydrogen (secondary N) is 1. The summed E-state index contributed by atoms with van der Waals surface area (Å²) in [5.74, 6) is 0.824. The van der Waals surface area contributed by atoms with Crippen LogP contribution in [0.15, 0.2) is 16.3 Å². The highest BCUT2D eigenvalue weighted by atomic mass is 15.2. The molecule has 0 fully saturated rings. The fraction of sp³-hybridized carbons (Fsp3) is 0.429. The van der Waals surface area contributed by atoms with Crippen LogP contribution in [-0.2, 0) is 6.42 Å². The van der Waals surface area contributed by atoms with E-state index in [9.17, 15) is 0 Å². The Labute approximate surface area is 86.7 Å². The van der Waals surface area contributed by atoms with Crippen molar-refractivity contribution in [2.24, 2.45) is 27.2 Å². The molecule has 0 aliphatic carbocycles. The monoisotopic (exact) mass is 210 g/mol. The Bertz CT molecular complexity index is 334. The van der Waals surface area contributed by atoms with E-state index in [1.54, 1.807) is 0 Å². The predicted molar refractivity (Wildman–Crippen MR) is 57.0 cm³/mol. The molecule has 8 heteroatoms. The van der Waals surface area contributed by atoms with Gasteiger partial charge in [-0.15, -0.1) is 0 Å². The van der Waals surface area contributed by atoms with E-state index in [1.165, 1.54) is 6.33 Å². The summed E-state index contributed by atoms with van der Waals surface area (Å²) in [6, 6.07) is 0. The van der Waals surface area contributed by atoms with Gasteiger partial charge in [-0.05, 0) is 6.42 Å². The Balaban J connectivity index is 2.24. The summed E-state index contributed by atoms with van der Waals surface area (Å²) in [6.07, 6.45) is 3.03. The number of nitrogens with two attached hydrogens (primary N) is 3. The van der Waals surface area contributed by atoms with Crippen LogP contribution >= 0.6 is 0 Å². The van der Waals surface area contributed by atoms with Crippen molar-refractivity contribution in [3.05, 3.63) is 12.2 Å². The lowest BCUT2D eigenvalue weighted by molar-refractivity contribution is 0.784. The molecular formula is C7H14N8. The van der Waals surface area contributed by atoms with E-state index in [1.807, 2.05) is 0 Å². The van der Waals surface area contributed by atoms with Crippen LogP contribution in [0.4, 0.5) is 0 Å². The standard InChI is InChI=1S/C7H14N8/c8-6(9)14-7(10)11-3-1-2-5-12-4-13-15-5/h4H,1-3H2,(H,12,13,15)(H6,8,9,10,11,14). The van der Waals surface area contributed by atoms with Gasteiger partial charge in [0.15, 0.2) is 5.96 Å². The number of nitrogens with zero attached hydrogens (tertiary/aromatic N) is 4. The predicted octanol–water partition coefficient (Wildman–Crippen LogP) is -1.67. The molecule has 1 aromatic rings. The van der Waals surface area contributed by atoms with Crippen molar-refractivity contribution in [1.29, 1.82) is 0 Å². The zero-order valence-corrected chi connectivity index (χ0v) is 8.22. The molecule has 0 saturated heterocycles. The number of aliphatic imine (C=N–C) groups is 2. The maximum Gasteiger partial charge on any atom is 0.218 e. The van der Waals surface area contributed by atoms with E-state index in [0.29, 0.717) is 6.54 Å². The van der Waals surface area contributed by atoms with Gasteiger partial charge in [0.1, 0.15) is 12.2 Å². The average Bonchev–Trinajstić information content (AvgIpc) is 2.63. The number of hydrogen-bond acceptors (Lipinski definition) is 3. The van der Waals surface area contributed by atoms with E-state index in [4.69, 9.17) is 17.2 Å². The first-order valence-electron chi connectivity index (χ1n) is 4.42. The molecule has 0 bridgehead atoms. The molecule has 0 amide bonds. The Hall–Kier alpha value is -2.12. The van der Waals surface area contributed by atoms with Crippen molar-refractivity contribution < 1.29 is 0 Å². The van der Waals surface area contributed by atoms with Gasteiger partial charge in [-0.3, -0.25) is 10.1 Å². The van der Waals surface area contributed by atoms with Crippen LogP contribution in [0.3, 0.4) is 0 Å². The van der Waals surface area contributed by atoms with Gasteiger partial charge >= 0.3 is 0 Å². The quantitative estimate of drug-likeness (QED) is 0.266. The molecule has 1 heterocycles. The van der Waals surface area contributed by atoms with Crippen molar-refractivity contribution in [3.8, 4) is 0 Å². The van der Waals surface area contributed by atoms with Gasteiger partial charge in [0.2, 0.25) is 5.96 Å². The van der Waals surface area contributed by atoms with E-state index in [2.05, 4.69) is 25.2 Å². The Morgan fingerprint density at radius 2 is 2.20 bits per heavy atom. The second-order valence-corrected chi connectivity index (χ2v) is 2.81. The van der Waals surface area contributed by atoms with Crippen LogP contribution in [0.2, 0.25) is 0 Å². The Kier molecular flexibility index (Phi) is 4.07. The van der Waals surface area contributed by atoms with Crippen LogP contribution in [0.25, 0.3) is 0 Å². The maximum atomic E-state index is 5.40. The van der Waals surface area contributed by atoms with Gasteiger partial charge in [-0.2, -0.15) is 10.1 Å². The van der Waals surface area contributed by atoms with Crippen molar-refractivity contribution in [2.75, 3.05) is 6.54 Å². The van der Waals surface area contributed by atoms with E-state index >= 15 is 0 Å². The zero-order valence-electron chi connectivity index (χ0n) is 8.22. The smallest absolute Gasteiger partial charge is 0.218 e. The van der Waals surface area contributed by atoms with Crippen molar-refractivity contribution >= 4 is 11.9 Å². The van der Waals surface area contributed by atoms with Gasteiger partial charge in [0.05, 0.1) is 0 Å². The summed E-state index contributed by atoms with van der Waals surface area (Å²) in [4.78, 5) is 11.5. The van der Waals surface area contributed by atoms with Crippen LogP contribution < -0.4 is 17.2 Å². The van der Waals surface area contributed by atoms with E-state index in [0.717, 1.165) is 18.7 Å². The number of hydrogen-bond donors (Lipinski definition) is 4. The number of aromatic nitrogens is 3. The SMILES string of the molecule is NC(N)=NC(N)=NCCCc1ncn[nH]1. The van der Waals surface area contributed by atoms with Crippen LogP contribution in [0.5, 0.6) is 0 Å². The van der Waals surface area contributed by atoms with Crippen molar-refractivity contribution in [3.63, 3.8) is 0 Å². The highest BCUT2D eigenvalue weighted by Crippen LogP contribution is 1.93. The molecule has 0 aliphatic heterocycles. The lowest BCUT2D eigenvalue weighted by Crippen LogP contribution is -2.26. The summed E-state index contributed by atoms with van der Waals surface area (Å²) in [5.41, 5.74) is 15.6. The highest BCUT2D eigenvalue weighted by Gasteiger charge is 1.94. The fourth-order valence-corrected chi connectivity index (χ4v) is 0.959. The van der Waals surface area contributed by atoms with Gasteiger partial charge in [0.25, 0.3) is 0 Å². The van der Waals surface area contributed by atoms with E-state index < -0.39 is 0 Å². The van der Waals surface area contributed by atoms with Gasteiger partial charge in [0, 0.05) is 13.0 Å². The van der Waals surface area contributed by atoms with Gasteiger partial charge < -0.3 is 17.2 Å². The fourth-order valence-electron chi connectivity index (χ4n) is 0.959. The number of aromatic amines is 1. The molecule has 0 atom stereocenters. The summed E-state index contributed by atoms with van der Waals surface area (Å²) in [7, 11) is 0. The molecule has 0 saturated carbocycles. The largest absolute Gasteiger partial charge is 0.370 e. The third-order valence-corrected chi connectivity index (χ3v) is 1.55. The van der Waals surface area contributed by atoms with Crippen LogP contribution in [0, 0.1) is 0 Å². The second kappa shape index (κ2) is 5.58. The average molecular weight is 210 g/mol. The molecule has 0 spiro atoms. The Morgan fingerprint density at radius 3 is 2.80 bits per heavy atom. The van der Waals surface area contributed by atoms with Crippen LogP contribution in [0.1, 0.15) is 12.2 Å². The molecule has 8 nitrogen and oxygen atoms in total. The molecule has 0 unspecified atom stereocenters. The first kappa shape index (κ1) is 11.0. The molecule has 0 aliphatic rings. The molecular weight excluding hydrogens is 196 g/mol. The number of rotatable bonds is 4. The zero-order chi connectivity index (χ0) is 11.1. The van der Waals surface area contributed by atoms with Gasteiger partial charge in [-0.1, -0.05) is 0 Å². The minimum absolute atomic E-state index is 0.0903. The van der Waals surface area contributed by atoms with Crippen molar-refractivity contribution in [2.45, 2.75) is 12.8 Å². The second-order valence-electron chi connectivity index (χ2n) is 2.81. The third-order valence-electron chi connectivity index (χ3n) is 1.55. The minimum atomic E-state index is -0.0912. The number of H-pyrrole nitrogens is 1. The normalized spacial score (nSPS) is 11.3. The van der Waals surface area contributed by atoms with Gasteiger partial charge in [-0.25, -0.2) is 4.98 Å². The lowest BCUT2D eigenvalue weighted by atomic mass is 10.3. The highest BCUT2D eigenvalue weighted by molar-refractivity contribution is 5.92. The van der Waals surface area contributed by atoms with E-state index in [-0.39, 0.29) is 11.9 Å². The molecule has 1 aromatic heterocycles. The molecule has 82 valence electrons. The summed E-state index contributed by atoms with van der Waals surface area (Å²) < 4.78 is 0. The van der Waals surface area contributed by atoms with Crippen molar-refractivity contribution in [1.82, 2.24) is 15.2 Å². The minimum Gasteiger partial charge on any atom is -0.370 e. The maximum absolute atomic E-state index is 5.40. The first-order chi connectivity index (χ1) is 7.18. The topological polar surface area (TPSA) is 144 Å². The number of aryl methyl sites for hydroxylation is 1. The van der Waals surface area contributed by atoms with Crippen LogP contribution in [-0.4, -0.2) is 33.6 Å². The Morgan fingerprint density at radius 1 is 1.40 bits per heavy atom.